The van der Waals surface area contributed by atoms with Crippen LogP contribution in [0.2, 0.25) is 5.02 Å². The smallest absolute Gasteiger partial charge is 0.104 e. The van der Waals surface area contributed by atoms with Crippen molar-refractivity contribution in [3.8, 4) is 0 Å². The number of thioether (sulfide) groups is 1. The molecule has 3 nitrogen and oxygen atoms in total. The van der Waals surface area contributed by atoms with Gasteiger partial charge in [0.05, 0.1) is 18.9 Å². The van der Waals surface area contributed by atoms with E-state index in [0.717, 1.165) is 9.92 Å². The van der Waals surface area contributed by atoms with Crippen LogP contribution in [0.15, 0.2) is 34.2 Å². The molecule has 0 saturated carbocycles. The fraction of sp³-hybridized carbons (Fsp3) is 0.364. The van der Waals surface area contributed by atoms with E-state index < -0.39 is 0 Å². The van der Waals surface area contributed by atoms with E-state index in [1.54, 1.807) is 18.9 Å². The number of amidine groups is 1. The maximum Gasteiger partial charge on any atom is 0.104 e. The van der Waals surface area contributed by atoms with Gasteiger partial charge in [0.25, 0.3) is 0 Å². The largest absolute Gasteiger partial charge is 0.387 e. The predicted molar refractivity (Wildman–Crippen MR) is 70.5 cm³/mol. The molecule has 0 saturated heterocycles. The molecule has 5 heteroatoms. The molecule has 0 aliphatic carbocycles. The first-order valence-corrected chi connectivity index (χ1v) is 6.25. The summed E-state index contributed by atoms with van der Waals surface area (Å²) in [6, 6.07) is 7.68. The van der Waals surface area contributed by atoms with Gasteiger partial charge in [-0.05, 0) is 18.2 Å². The van der Waals surface area contributed by atoms with Gasteiger partial charge < -0.3 is 10.5 Å². The highest BCUT2D eigenvalue weighted by Crippen LogP contribution is 2.21. The molecule has 0 fully saturated rings. The Bertz CT molecular complexity index is 358. The summed E-state index contributed by atoms with van der Waals surface area (Å²) in [5, 5.41) is 0.736. The number of hydrogen-bond donors (Lipinski definition) is 1. The van der Waals surface area contributed by atoms with E-state index in [9.17, 15) is 0 Å². The molecule has 2 N–H and O–H groups in total. The van der Waals surface area contributed by atoms with Crippen LogP contribution in [-0.2, 0) is 4.74 Å². The summed E-state index contributed by atoms with van der Waals surface area (Å²) in [6.45, 7) is 1.21. The summed E-state index contributed by atoms with van der Waals surface area (Å²) < 4.78 is 4.88. The molecule has 0 heterocycles. The van der Waals surface area contributed by atoms with E-state index in [0.29, 0.717) is 24.7 Å². The molecule has 0 bridgehead atoms. The van der Waals surface area contributed by atoms with E-state index in [2.05, 4.69) is 4.99 Å². The van der Waals surface area contributed by atoms with E-state index in [1.807, 2.05) is 24.3 Å². The van der Waals surface area contributed by atoms with Gasteiger partial charge in [-0.2, -0.15) is 0 Å². The normalized spacial score (nSPS) is 11.8. The van der Waals surface area contributed by atoms with Crippen molar-refractivity contribution < 1.29 is 4.74 Å². The zero-order chi connectivity index (χ0) is 11.8. The fourth-order valence-corrected chi connectivity index (χ4v) is 2.09. The lowest BCUT2D eigenvalue weighted by molar-refractivity contribution is 0.208. The summed E-state index contributed by atoms with van der Waals surface area (Å²) >= 11 is 7.49. The number of nitrogens with two attached hydrogens (primary N) is 1. The number of nitrogens with zero attached hydrogens (tertiary/aromatic N) is 1. The minimum Gasteiger partial charge on any atom is -0.387 e. The number of methoxy groups -OCH3 is 1. The predicted octanol–water partition coefficient (Wildman–Crippen LogP) is 2.44. The maximum atomic E-state index is 5.87. The highest BCUT2D eigenvalue weighted by Gasteiger charge is 1.97. The van der Waals surface area contributed by atoms with E-state index >= 15 is 0 Å². The molecule has 0 spiro atoms. The number of aliphatic imine (C=N–C) groups is 1. The number of hydrogen-bond acceptors (Lipinski definition) is 3. The van der Waals surface area contributed by atoms with E-state index in [4.69, 9.17) is 22.1 Å². The van der Waals surface area contributed by atoms with Crippen LogP contribution in [0.5, 0.6) is 0 Å². The Kier molecular flexibility index (Phi) is 6.30. The van der Waals surface area contributed by atoms with Gasteiger partial charge in [0, 0.05) is 17.0 Å². The molecule has 0 unspecified atom stereocenters. The lowest BCUT2D eigenvalue weighted by atomic mass is 10.4. The molecule has 0 radical (unpaired) electrons. The molecule has 0 aromatic heterocycles. The summed E-state index contributed by atoms with van der Waals surface area (Å²) in [5.41, 5.74) is 5.74. The second kappa shape index (κ2) is 7.54. The first-order chi connectivity index (χ1) is 7.72. The molecule has 1 aromatic carbocycles. The SMILES string of the molecule is COCCN=C(N)CSc1cccc(Cl)c1. The van der Waals surface area contributed by atoms with Crippen LogP contribution < -0.4 is 5.73 Å². The second-order valence-corrected chi connectivity index (χ2v) is 4.60. The standard InChI is InChI=1S/C11H15ClN2OS/c1-15-6-5-14-11(13)8-16-10-4-2-3-9(12)7-10/h2-4,7H,5-6,8H2,1H3,(H2,13,14). The summed E-state index contributed by atoms with van der Waals surface area (Å²) in [6.07, 6.45) is 0. The maximum absolute atomic E-state index is 5.87. The van der Waals surface area contributed by atoms with Crippen LogP contribution in [0.4, 0.5) is 0 Å². The zero-order valence-electron chi connectivity index (χ0n) is 9.15. The van der Waals surface area contributed by atoms with Gasteiger partial charge in [-0.3, -0.25) is 4.99 Å². The van der Waals surface area contributed by atoms with Gasteiger partial charge in [-0.25, -0.2) is 0 Å². The highest BCUT2D eigenvalue weighted by molar-refractivity contribution is 8.00. The second-order valence-electron chi connectivity index (χ2n) is 3.11. The quantitative estimate of drug-likeness (QED) is 0.369. The van der Waals surface area contributed by atoms with Crippen LogP contribution in [0, 0.1) is 0 Å². The topological polar surface area (TPSA) is 47.6 Å². The van der Waals surface area contributed by atoms with E-state index in [-0.39, 0.29) is 0 Å². The lowest BCUT2D eigenvalue weighted by Gasteiger charge is -2.02. The first-order valence-electron chi connectivity index (χ1n) is 4.88. The molecule has 0 amide bonds. The molecule has 0 aliphatic rings. The van der Waals surface area contributed by atoms with Crippen molar-refractivity contribution in [1.29, 1.82) is 0 Å². The van der Waals surface area contributed by atoms with Crippen LogP contribution in [0.1, 0.15) is 0 Å². The van der Waals surface area contributed by atoms with Crippen LogP contribution in [0.25, 0.3) is 0 Å². The minimum atomic E-state index is 0.600. The molecule has 0 aliphatic heterocycles. The molecule has 0 atom stereocenters. The van der Waals surface area contributed by atoms with Crippen molar-refractivity contribution in [2.75, 3.05) is 26.0 Å². The first kappa shape index (κ1) is 13.4. The van der Waals surface area contributed by atoms with Crippen molar-refractivity contribution in [3.05, 3.63) is 29.3 Å². The van der Waals surface area contributed by atoms with Gasteiger partial charge in [-0.15, -0.1) is 11.8 Å². The average molecular weight is 259 g/mol. The number of ether oxygens (including phenoxy) is 1. The molecular formula is C11H15ClN2OS. The van der Waals surface area contributed by atoms with Crippen molar-refractivity contribution >= 4 is 29.2 Å². The van der Waals surface area contributed by atoms with Crippen molar-refractivity contribution in [3.63, 3.8) is 0 Å². The van der Waals surface area contributed by atoms with Crippen LogP contribution >= 0.6 is 23.4 Å². The van der Waals surface area contributed by atoms with Crippen molar-refractivity contribution in [2.45, 2.75) is 4.90 Å². The lowest BCUT2D eigenvalue weighted by Crippen LogP contribution is -2.16. The van der Waals surface area contributed by atoms with E-state index in [1.165, 1.54) is 0 Å². The number of benzene rings is 1. The van der Waals surface area contributed by atoms with Gasteiger partial charge in [0.1, 0.15) is 5.84 Å². The highest BCUT2D eigenvalue weighted by atomic mass is 35.5. The Hall–Kier alpha value is -0.710. The molecular weight excluding hydrogens is 244 g/mol. The monoisotopic (exact) mass is 258 g/mol. The van der Waals surface area contributed by atoms with Crippen LogP contribution in [-0.4, -0.2) is 31.8 Å². The molecule has 16 heavy (non-hydrogen) atoms. The third-order valence-electron chi connectivity index (χ3n) is 1.79. The van der Waals surface area contributed by atoms with Gasteiger partial charge in [-0.1, -0.05) is 17.7 Å². The third kappa shape index (κ3) is 5.39. The Balaban J connectivity index is 2.36. The molecule has 1 aromatic rings. The summed E-state index contributed by atoms with van der Waals surface area (Å²) in [4.78, 5) is 5.26. The van der Waals surface area contributed by atoms with Crippen molar-refractivity contribution in [1.82, 2.24) is 0 Å². The number of rotatable bonds is 6. The fourth-order valence-electron chi connectivity index (χ4n) is 1.04. The molecule has 88 valence electrons. The molecule has 1 rings (SSSR count). The number of halogens is 1. The summed E-state index contributed by atoms with van der Waals surface area (Å²) in [7, 11) is 1.65. The Morgan fingerprint density at radius 3 is 3.06 bits per heavy atom. The Labute approximate surface area is 105 Å². The van der Waals surface area contributed by atoms with Gasteiger partial charge in [0.2, 0.25) is 0 Å². The van der Waals surface area contributed by atoms with Crippen LogP contribution in [0.3, 0.4) is 0 Å². The van der Waals surface area contributed by atoms with Gasteiger partial charge in [0.15, 0.2) is 0 Å². The summed E-state index contributed by atoms with van der Waals surface area (Å²) in [5.74, 6) is 1.30. The average Bonchev–Trinajstić information content (AvgIpc) is 2.27. The third-order valence-corrected chi connectivity index (χ3v) is 3.06. The van der Waals surface area contributed by atoms with Crippen molar-refractivity contribution in [2.24, 2.45) is 10.7 Å². The Morgan fingerprint density at radius 2 is 2.38 bits per heavy atom. The Morgan fingerprint density at radius 1 is 1.56 bits per heavy atom. The zero-order valence-corrected chi connectivity index (χ0v) is 10.7. The minimum absolute atomic E-state index is 0.600. The van der Waals surface area contributed by atoms with Gasteiger partial charge >= 0.3 is 0 Å².